The molecule has 22 heavy (non-hydrogen) atoms. The first-order chi connectivity index (χ1) is 10.6. The van der Waals surface area contributed by atoms with E-state index < -0.39 is 0 Å². The minimum atomic E-state index is -0.169. The predicted molar refractivity (Wildman–Crippen MR) is 89.8 cm³/mol. The van der Waals surface area contributed by atoms with Gasteiger partial charge in [-0.2, -0.15) is 0 Å². The summed E-state index contributed by atoms with van der Waals surface area (Å²) in [5.41, 5.74) is 3.77. The maximum atomic E-state index is 12.1. The van der Waals surface area contributed by atoms with Crippen molar-refractivity contribution in [2.75, 3.05) is 5.32 Å². The number of fused-ring (bicyclic) bond motifs is 1. The molecular weight excluding hydrogens is 274 g/mol. The zero-order valence-corrected chi connectivity index (χ0v) is 12.6. The van der Waals surface area contributed by atoms with E-state index in [0.29, 0.717) is 5.76 Å². The van der Waals surface area contributed by atoms with E-state index in [4.69, 9.17) is 4.42 Å². The van der Waals surface area contributed by atoms with Crippen LogP contribution in [0.3, 0.4) is 0 Å². The van der Waals surface area contributed by atoms with Crippen molar-refractivity contribution in [1.29, 1.82) is 0 Å². The molecule has 3 heteroatoms. The highest BCUT2D eigenvalue weighted by molar-refractivity contribution is 6.02. The van der Waals surface area contributed by atoms with Gasteiger partial charge in [0.15, 0.2) is 0 Å². The maximum Gasteiger partial charge on any atom is 0.248 e. The van der Waals surface area contributed by atoms with E-state index in [2.05, 4.69) is 5.32 Å². The molecule has 1 aromatic heterocycles. The molecule has 1 heterocycles. The average molecular weight is 291 g/mol. The molecule has 0 saturated heterocycles. The molecule has 0 radical (unpaired) electrons. The Bertz CT molecular complexity index is 806. The second-order valence-electron chi connectivity index (χ2n) is 5.28. The summed E-state index contributed by atoms with van der Waals surface area (Å²) in [4.78, 5) is 12.1. The molecule has 3 rings (SSSR count). The SMILES string of the molecule is Cc1cccc(C)c1NC(=O)/C=C/c1cc2ccccc2o1. The van der Waals surface area contributed by atoms with Gasteiger partial charge >= 0.3 is 0 Å². The lowest BCUT2D eigenvalue weighted by molar-refractivity contribution is -0.111. The summed E-state index contributed by atoms with van der Waals surface area (Å²) in [5, 5.41) is 3.94. The summed E-state index contributed by atoms with van der Waals surface area (Å²) >= 11 is 0. The number of hydrogen-bond acceptors (Lipinski definition) is 2. The summed E-state index contributed by atoms with van der Waals surface area (Å²) in [6.45, 7) is 3.96. The van der Waals surface area contributed by atoms with Crippen LogP contribution >= 0.6 is 0 Å². The molecule has 0 aliphatic rings. The van der Waals surface area contributed by atoms with E-state index >= 15 is 0 Å². The molecule has 0 aliphatic heterocycles. The van der Waals surface area contributed by atoms with Crippen LogP contribution in [0.15, 0.2) is 59.0 Å². The van der Waals surface area contributed by atoms with Gasteiger partial charge in [0.25, 0.3) is 0 Å². The monoisotopic (exact) mass is 291 g/mol. The molecule has 0 saturated carbocycles. The number of para-hydroxylation sites is 2. The van der Waals surface area contributed by atoms with Crippen LogP contribution in [0.2, 0.25) is 0 Å². The number of rotatable bonds is 3. The Morgan fingerprint density at radius 3 is 2.50 bits per heavy atom. The highest BCUT2D eigenvalue weighted by Crippen LogP contribution is 2.21. The normalized spacial score (nSPS) is 11.2. The lowest BCUT2D eigenvalue weighted by Crippen LogP contribution is -2.10. The Morgan fingerprint density at radius 2 is 1.77 bits per heavy atom. The molecule has 1 amide bonds. The van der Waals surface area contributed by atoms with Crippen LogP contribution < -0.4 is 5.32 Å². The van der Waals surface area contributed by atoms with Gasteiger partial charge in [-0.1, -0.05) is 36.4 Å². The van der Waals surface area contributed by atoms with Crippen LogP contribution in [0.5, 0.6) is 0 Å². The van der Waals surface area contributed by atoms with E-state index in [9.17, 15) is 4.79 Å². The zero-order valence-electron chi connectivity index (χ0n) is 12.6. The van der Waals surface area contributed by atoms with Gasteiger partial charge < -0.3 is 9.73 Å². The third kappa shape index (κ3) is 2.93. The van der Waals surface area contributed by atoms with Gasteiger partial charge in [0.05, 0.1) is 0 Å². The largest absolute Gasteiger partial charge is 0.457 e. The highest BCUT2D eigenvalue weighted by Gasteiger charge is 2.05. The zero-order chi connectivity index (χ0) is 15.5. The number of hydrogen-bond donors (Lipinski definition) is 1. The maximum absolute atomic E-state index is 12.1. The molecule has 1 N–H and O–H groups in total. The molecule has 110 valence electrons. The van der Waals surface area contributed by atoms with Crippen LogP contribution in [0.4, 0.5) is 5.69 Å². The van der Waals surface area contributed by atoms with Crippen LogP contribution in [0.25, 0.3) is 17.0 Å². The molecule has 0 fully saturated rings. The minimum absolute atomic E-state index is 0.169. The van der Waals surface area contributed by atoms with Crippen LogP contribution in [-0.2, 0) is 4.79 Å². The second kappa shape index (κ2) is 5.90. The van der Waals surface area contributed by atoms with Crippen molar-refractivity contribution < 1.29 is 9.21 Å². The van der Waals surface area contributed by atoms with Crippen LogP contribution in [0, 0.1) is 13.8 Å². The van der Waals surface area contributed by atoms with Crippen molar-refractivity contribution in [2.24, 2.45) is 0 Å². The molecule has 2 aromatic carbocycles. The minimum Gasteiger partial charge on any atom is -0.457 e. The number of carbonyl (C=O) groups excluding carboxylic acids is 1. The summed E-state index contributed by atoms with van der Waals surface area (Å²) < 4.78 is 5.65. The van der Waals surface area contributed by atoms with Gasteiger partial charge in [-0.15, -0.1) is 0 Å². The molecule has 0 aliphatic carbocycles. The number of furan rings is 1. The first kappa shape index (κ1) is 14.1. The third-order valence-electron chi connectivity index (χ3n) is 3.57. The van der Waals surface area contributed by atoms with Crippen molar-refractivity contribution >= 4 is 28.6 Å². The summed E-state index contributed by atoms with van der Waals surface area (Å²) in [7, 11) is 0. The van der Waals surface area contributed by atoms with Crippen molar-refractivity contribution in [3.05, 3.63) is 71.5 Å². The quantitative estimate of drug-likeness (QED) is 0.711. The number of amides is 1. The third-order valence-corrected chi connectivity index (χ3v) is 3.57. The van der Waals surface area contributed by atoms with E-state index in [0.717, 1.165) is 27.8 Å². The van der Waals surface area contributed by atoms with E-state index in [1.54, 1.807) is 6.08 Å². The molecular formula is C19H17NO2. The van der Waals surface area contributed by atoms with Crippen LogP contribution in [0.1, 0.15) is 16.9 Å². The smallest absolute Gasteiger partial charge is 0.248 e. The van der Waals surface area contributed by atoms with Gasteiger partial charge in [-0.25, -0.2) is 0 Å². The summed E-state index contributed by atoms with van der Waals surface area (Å²) in [5.74, 6) is 0.496. The Kier molecular flexibility index (Phi) is 3.79. The van der Waals surface area contributed by atoms with Crippen molar-refractivity contribution in [3.63, 3.8) is 0 Å². The standard InChI is InChI=1S/C19H17NO2/c1-13-6-5-7-14(2)19(13)20-18(21)11-10-16-12-15-8-3-4-9-17(15)22-16/h3-12H,1-2H3,(H,20,21)/b11-10+. The van der Waals surface area contributed by atoms with Crippen molar-refractivity contribution in [1.82, 2.24) is 0 Å². The Morgan fingerprint density at radius 1 is 1.05 bits per heavy atom. The van der Waals surface area contributed by atoms with Crippen molar-refractivity contribution in [2.45, 2.75) is 13.8 Å². The van der Waals surface area contributed by atoms with E-state index in [-0.39, 0.29) is 5.91 Å². The van der Waals surface area contributed by atoms with Gasteiger partial charge in [-0.3, -0.25) is 4.79 Å². The Labute approximate surface area is 129 Å². The summed E-state index contributed by atoms with van der Waals surface area (Å²) in [6.07, 6.45) is 3.17. The van der Waals surface area contributed by atoms with E-state index in [1.165, 1.54) is 6.08 Å². The summed E-state index contributed by atoms with van der Waals surface area (Å²) in [6, 6.07) is 15.6. The first-order valence-electron chi connectivity index (χ1n) is 7.17. The molecule has 0 atom stereocenters. The number of benzene rings is 2. The lowest BCUT2D eigenvalue weighted by atomic mass is 10.1. The van der Waals surface area contributed by atoms with Gasteiger partial charge in [0.2, 0.25) is 5.91 Å². The average Bonchev–Trinajstić information content (AvgIpc) is 2.92. The Hall–Kier alpha value is -2.81. The molecule has 0 unspecified atom stereocenters. The molecule has 0 spiro atoms. The van der Waals surface area contributed by atoms with Gasteiger partial charge in [-0.05, 0) is 43.2 Å². The fraction of sp³-hybridized carbons (Fsp3) is 0.105. The molecule has 3 aromatic rings. The van der Waals surface area contributed by atoms with Crippen molar-refractivity contribution in [3.8, 4) is 0 Å². The molecule has 0 bridgehead atoms. The number of anilines is 1. The second-order valence-corrected chi connectivity index (χ2v) is 5.28. The number of aryl methyl sites for hydroxylation is 2. The fourth-order valence-corrected chi connectivity index (χ4v) is 2.42. The van der Waals surface area contributed by atoms with E-state index in [1.807, 2.05) is 62.4 Å². The topological polar surface area (TPSA) is 42.2 Å². The first-order valence-corrected chi connectivity index (χ1v) is 7.17. The Balaban J connectivity index is 1.76. The van der Waals surface area contributed by atoms with Gasteiger partial charge in [0, 0.05) is 17.1 Å². The highest BCUT2D eigenvalue weighted by atomic mass is 16.3. The molecule has 3 nitrogen and oxygen atoms in total. The van der Waals surface area contributed by atoms with Gasteiger partial charge in [0.1, 0.15) is 11.3 Å². The number of nitrogens with one attached hydrogen (secondary N) is 1. The lowest BCUT2D eigenvalue weighted by Gasteiger charge is -2.09. The van der Waals surface area contributed by atoms with Crippen LogP contribution in [-0.4, -0.2) is 5.91 Å². The predicted octanol–water partition coefficient (Wildman–Crippen LogP) is 4.70. The number of carbonyl (C=O) groups is 1. The fourth-order valence-electron chi connectivity index (χ4n) is 2.42.